The van der Waals surface area contributed by atoms with E-state index in [4.69, 9.17) is 4.74 Å². The van der Waals surface area contributed by atoms with Gasteiger partial charge in [-0.05, 0) is 35.9 Å². The molecule has 0 fully saturated rings. The van der Waals surface area contributed by atoms with Crippen LogP contribution >= 0.6 is 0 Å². The third kappa shape index (κ3) is 4.48. The summed E-state index contributed by atoms with van der Waals surface area (Å²) in [5.74, 6) is -1.06. The Hall–Kier alpha value is -3.92. The summed E-state index contributed by atoms with van der Waals surface area (Å²) in [6, 6.07) is 17.3. The molecule has 0 atom stereocenters. The third-order valence-electron chi connectivity index (χ3n) is 4.51. The van der Waals surface area contributed by atoms with Crippen molar-refractivity contribution >= 4 is 27.4 Å². The first kappa shape index (κ1) is 21.8. The Morgan fingerprint density at radius 1 is 1.03 bits per heavy atom. The SMILES string of the molecule is COc1ccc(S(=O)(=O)N(Cc2ccccc2)c2c(C(=O)O)cccc2[N+](=O)[O-])cc1. The zero-order valence-electron chi connectivity index (χ0n) is 16.3. The molecule has 0 unspecified atom stereocenters. The second-order valence-corrected chi connectivity index (χ2v) is 8.27. The summed E-state index contributed by atoms with van der Waals surface area (Å²) in [6.45, 7) is -0.305. The molecule has 0 aliphatic heterocycles. The average Bonchev–Trinajstić information content (AvgIpc) is 2.77. The van der Waals surface area contributed by atoms with Crippen LogP contribution in [0.2, 0.25) is 0 Å². The minimum atomic E-state index is -4.38. The Bertz CT molecular complexity index is 1180. The van der Waals surface area contributed by atoms with Crippen LogP contribution in [0.15, 0.2) is 77.7 Å². The molecule has 31 heavy (non-hydrogen) atoms. The van der Waals surface area contributed by atoms with E-state index in [1.807, 2.05) is 0 Å². The summed E-state index contributed by atoms with van der Waals surface area (Å²) in [5.41, 5.74) is -1.12. The number of nitro groups is 1. The average molecular weight is 442 g/mol. The highest BCUT2D eigenvalue weighted by atomic mass is 32.2. The number of benzene rings is 3. The van der Waals surface area contributed by atoms with Crippen LogP contribution in [0.5, 0.6) is 5.75 Å². The van der Waals surface area contributed by atoms with Crippen molar-refractivity contribution < 1.29 is 28.0 Å². The second kappa shape index (κ2) is 8.84. The number of hydrogen-bond acceptors (Lipinski definition) is 6. The van der Waals surface area contributed by atoms with Gasteiger partial charge in [-0.2, -0.15) is 0 Å². The topological polar surface area (TPSA) is 127 Å². The molecule has 3 aromatic rings. The number of sulfonamides is 1. The number of para-hydroxylation sites is 1. The molecule has 0 amide bonds. The fraction of sp³-hybridized carbons (Fsp3) is 0.0952. The second-order valence-electron chi connectivity index (χ2n) is 6.41. The number of aromatic carboxylic acids is 1. The number of nitro benzene ring substituents is 1. The van der Waals surface area contributed by atoms with Crippen LogP contribution in [0.1, 0.15) is 15.9 Å². The fourth-order valence-electron chi connectivity index (χ4n) is 3.02. The van der Waals surface area contributed by atoms with Gasteiger partial charge in [0, 0.05) is 6.07 Å². The summed E-state index contributed by atoms with van der Waals surface area (Å²) in [4.78, 5) is 22.5. The highest BCUT2D eigenvalue weighted by Gasteiger charge is 2.34. The Kier molecular flexibility index (Phi) is 6.21. The number of hydrogen-bond donors (Lipinski definition) is 1. The molecule has 1 N–H and O–H groups in total. The fourth-order valence-corrected chi connectivity index (χ4v) is 4.51. The summed E-state index contributed by atoms with van der Waals surface area (Å²) in [7, 11) is -2.95. The van der Waals surface area contributed by atoms with E-state index in [0.717, 1.165) is 16.4 Å². The van der Waals surface area contributed by atoms with Gasteiger partial charge in [0.25, 0.3) is 15.7 Å². The molecular weight excluding hydrogens is 424 g/mol. The number of methoxy groups -OCH3 is 1. The van der Waals surface area contributed by atoms with Crippen LogP contribution in [-0.4, -0.2) is 31.5 Å². The standard InChI is InChI=1S/C21H18N2O7S/c1-30-16-10-12-17(13-11-16)31(28,29)22(14-15-6-3-2-4-7-15)20-18(21(24)25)8-5-9-19(20)23(26)27/h2-13H,14H2,1H3,(H,24,25). The molecule has 0 saturated heterocycles. The van der Waals surface area contributed by atoms with Crippen molar-refractivity contribution in [3.8, 4) is 5.75 Å². The first-order valence-electron chi connectivity index (χ1n) is 8.97. The molecule has 0 aromatic heterocycles. The number of ether oxygens (including phenoxy) is 1. The van der Waals surface area contributed by atoms with Crippen molar-refractivity contribution in [2.24, 2.45) is 0 Å². The van der Waals surface area contributed by atoms with Crippen molar-refractivity contribution in [1.29, 1.82) is 0 Å². The van der Waals surface area contributed by atoms with Crippen LogP contribution < -0.4 is 9.04 Å². The first-order valence-corrected chi connectivity index (χ1v) is 10.4. The molecule has 9 nitrogen and oxygen atoms in total. The van der Waals surface area contributed by atoms with Gasteiger partial charge in [0.2, 0.25) is 0 Å². The maximum Gasteiger partial charge on any atom is 0.338 e. The highest BCUT2D eigenvalue weighted by Crippen LogP contribution is 2.37. The van der Waals surface area contributed by atoms with Crippen LogP contribution in [0, 0.1) is 10.1 Å². The van der Waals surface area contributed by atoms with E-state index in [2.05, 4.69) is 0 Å². The molecule has 0 aliphatic rings. The summed E-state index contributed by atoms with van der Waals surface area (Å²) < 4.78 is 32.9. The van der Waals surface area contributed by atoms with E-state index in [1.165, 1.54) is 37.4 Å². The number of carboxylic acids is 1. The van der Waals surface area contributed by atoms with Crippen molar-refractivity contribution in [1.82, 2.24) is 0 Å². The molecule has 0 aliphatic carbocycles. The van der Waals surface area contributed by atoms with Gasteiger partial charge in [0.05, 0.1) is 29.0 Å². The Morgan fingerprint density at radius 3 is 2.23 bits per heavy atom. The van der Waals surface area contributed by atoms with Gasteiger partial charge in [0.15, 0.2) is 0 Å². The number of carbonyl (C=O) groups is 1. The summed E-state index contributed by atoms with van der Waals surface area (Å²) in [6.07, 6.45) is 0. The van der Waals surface area contributed by atoms with E-state index in [0.29, 0.717) is 11.3 Å². The van der Waals surface area contributed by atoms with Gasteiger partial charge in [-0.1, -0.05) is 36.4 Å². The largest absolute Gasteiger partial charge is 0.497 e. The number of nitrogens with zero attached hydrogens (tertiary/aromatic N) is 2. The van der Waals surface area contributed by atoms with E-state index in [9.17, 15) is 28.4 Å². The molecular formula is C21H18N2O7S. The lowest BCUT2D eigenvalue weighted by atomic mass is 10.1. The first-order chi connectivity index (χ1) is 14.8. The molecule has 3 rings (SSSR count). The molecule has 10 heteroatoms. The van der Waals surface area contributed by atoms with E-state index in [-0.39, 0.29) is 11.4 Å². The monoisotopic (exact) mass is 442 g/mol. The molecule has 160 valence electrons. The molecule has 0 spiro atoms. The molecule has 0 saturated carbocycles. The summed E-state index contributed by atoms with van der Waals surface area (Å²) in [5, 5.41) is 21.3. The van der Waals surface area contributed by atoms with Gasteiger partial charge in [0.1, 0.15) is 11.4 Å². The minimum absolute atomic E-state index is 0.168. The van der Waals surface area contributed by atoms with Crippen molar-refractivity contribution in [3.63, 3.8) is 0 Å². The van der Waals surface area contributed by atoms with Crippen molar-refractivity contribution in [2.45, 2.75) is 11.4 Å². The molecule has 0 radical (unpaired) electrons. The molecule has 0 bridgehead atoms. The van der Waals surface area contributed by atoms with Gasteiger partial charge in [-0.15, -0.1) is 0 Å². The van der Waals surface area contributed by atoms with E-state index in [1.54, 1.807) is 30.3 Å². The zero-order valence-corrected chi connectivity index (χ0v) is 17.2. The lowest BCUT2D eigenvalue weighted by molar-refractivity contribution is -0.384. The summed E-state index contributed by atoms with van der Waals surface area (Å²) >= 11 is 0. The lowest BCUT2D eigenvalue weighted by Gasteiger charge is -2.25. The van der Waals surface area contributed by atoms with Crippen LogP contribution in [0.3, 0.4) is 0 Å². The van der Waals surface area contributed by atoms with E-state index >= 15 is 0 Å². The third-order valence-corrected chi connectivity index (χ3v) is 6.27. The van der Waals surface area contributed by atoms with Crippen LogP contribution in [-0.2, 0) is 16.6 Å². The maximum atomic E-state index is 13.6. The normalized spacial score (nSPS) is 11.0. The predicted octanol–water partition coefficient (Wildman–Crippen LogP) is 3.70. The lowest BCUT2D eigenvalue weighted by Crippen LogP contribution is -2.32. The minimum Gasteiger partial charge on any atom is -0.497 e. The zero-order chi connectivity index (χ0) is 22.6. The van der Waals surface area contributed by atoms with Crippen molar-refractivity contribution in [3.05, 3.63) is 94.0 Å². The quantitative estimate of drug-likeness (QED) is 0.416. The Labute approximate surface area is 178 Å². The Balaban J connectivity index is 2.27. The highest BCUT2D eigenvalue weighted by molar-refractivity contribution is 7.92. The van der Waals surface area contributed by atoms with Gasteiger partial charge in [-0.3, -0.25) is 14.4 Å². The molecule has 3 aromatic carbocycles. The maximum absolute atomic E-state index is 13.6. The van der Waals surface area contributed by atoms with Gasteiger partial charge >= 0.3 is 5.97 Å². The van der Waals surface area contributed by atoms with Crippen molar-refractivity contribution in [2.75, 3.05) is 11.4 Å². The smallest absolute Gasteiger partial charge is 0.338 e. The number of anilines is 1. The van der Waals surface area contributed by atoms with Crippen LogP contribution in [0.4, 0.5) is 11.4 Å². The van der Waals surface area contributed by atoms with E-state index < -0.39 is 37.9 Å². The Morgan fingerprint density at radius 2 is 1.68 bits per heavy atom. The number of carboxylic acid groups (broad SMARTS) is 1. The predicted molar refractivity (Wildman–Crippen MR) is 113 cm³/mol. The number of rotatable bonds is 8. The van der Waals surface area contributed by atoms with Crippen LogP contribution in [0.25, 0.3) is 0 Å². The van der Waals surface area contributed by atoms with Gasteiger partial charge < -0.3 is 9.84 Å². The van der Waals surface area contributed by atoms with Gasteiger partial charge in [-0.25, -0.2) is 13.2 Å². The molecule has 0 heterocycles.